The molecule has 168 valence electrons. The summed E-state index contributed by atoms with van der Waals surface area (Å²) in [6.45, 7) is 0.969. The molecule has 12 heteroatoms. The fraction of sp³-hybridized carbons (Fsp3) is 0.474. The van der Waals surface area contributed by atoms with Gasteiger partial charge in [0.25, 0.3) is 5.56 Å². The number of hydrogen-bond acceptors (Lipinski definition) is 8. The van der Waals surface area contributed by atoms with Gasteiger partial charge in [-0.05, 0) is 26.3 Å². The molecule has 1 saturated heterocycles. The summed E-state index contributed by atoms with van der Waals surface area (Å²) in [6, 6.07) is 3.44. The zero-order valence-corrected chi connectivity index (χ0v) is 17.7. The van der Waals surface area contributed by atoms with Gasteiger partial charge in [0.2, 0.25) is 5.85 Å². The number of phosphoric acid groups is 1. The molecule has 4 atom stereocenters. The number of aromatic nitrogens is 2. The van der Waals surface area contributed by atoms with Crippen LogP contribution in [0.2, 0.25) is 0 Å². The molecule has 1 unspecified atom stereocenters. The normalized spacial score (nSPS) is 34.4. The van der Waals surface area contributed by atoms with Crippen LogP contribution in [0.4, 0.5) is 4.39 Å². The molecule has 0 saturated carbocycles. The highest BCUT2D eigenvalue weighted by Crippen LogP contribution is 2.56. The molecule has 4 rings (SSSR count). The Morgan fingerprint density at radius 3 is 2.90 bits per heavy atom. The van der Waals surface area contributed by atoms with Gasteiger partial charge in [-0.15, -0.1) is 0 Å². The Hall–Kier alpha value is -2.30. The Kier molecular flexibility index (Phi) is 4.53. The molecule has 0 radical (unpaired) electrons. The maximum absolute atomic E-state index is 15.8. The summed E-state index contributed by atoms with van der Waals surface area (Å²) in [5, 5.41) is 10.4. The number of phosphoric ester groups is 1. The van der Waals surface area contributed by atoms with Crippen LogP contribution in [0.3, 0.4) is 0 Å². The molecule has 3 heterocycles. The SMILES string of the molecule is [2H]C([2H])(OP1(=O)OCc2cc(C)cc(C)c2O1)[C@]1(F)C[C@@H](O)[C@]([2H])(n2cc(C)c(=O)[nH]c2=O)O1. The van der Waals surface area contributed by atoms with E-state index in [1.807, 2.05) is 11.9 Å². The number of rotatable bonds is 4. The third kappa shape index (κ3) is 4.24. The Labute approximate surface area is 180 Å². The molecule has 31 heavy (non-hydrogen) atoms. The lowest BCUT2D eigenvalue weighted by molar-refractivity contribution is -0.179. The predicted molar refractivity (Wildman–Crippen MR) is 106 cm³/mol. The summed E-state index contributed by atoms with van der Waals surface area (Å²) in [4.78, 5) is 25.7. The van der Waals surface area contributed by atoms with Gasteiger partial charge in [0.1, 0.15) is 18.4 Å². The van der Waals surface area contributed by atoms with Crippen molar-refractivity contribution in [2.45, 2.75) is 52.0 Å². The summed E-state index contributed by atoms with van der Waals surface area (Å²) in [7, 11) is -4.72. The summed E-state index contributed by atoms with van der Waals surface area (Å²) in [5.41, 5.74) is -0.0124. The van der Waals surface area contributed by atoms with E-state index in [0.717, 1.165) is 11.8 Å². The van der Waals surface area contributed by atoms with Crippen molar-refractivity contribution < 1.29 is 36.5 Å². The number of aliphatic hydroxyl groups is 1. The number of H-pyrrole nitrogens is 1. The monoisotopic (exact) mass is 459 g/mol. The van der Waals surface area contributed by atoms with E-state index in [9.17, 15) is 19.3 Å². The lowest BCUT2D eigenvalue weighted by Crippen LogP contribution is -2.37. The number of halogens is 1. The number of hydrogen-bond donors (Lipinski definition) is 2. The highest BCUT2D eigenvalue weighted by Gasteiger charge is 2.50. The van der Waals surface area contributed by atoms with Crippen LogP contribution in [0.5, 0.6) is 5.75 Å². The van der Waals surface area contributed by atoms with Crippen molar-refractivity contribution in [1.29, 1.82) is 0 Å². The predicted octanol–water partition coefficient (Wildman–Crippen LogP) is 2.14. The van der Waals surface area contributed by atoms with Gasteiger partial charge in [-0.2, -0.15) is 0 Å². The maximum Gasteiger partial charge on any atom is 0.530 e. The molecule has 0 aliphatic carbocycles. The fourth-order valence-corrected chi connectivity index (χ4v) is 4.52. The highest BCUT2D eigenvalue weighted by molar-refractivity contribution is 7.49. The minimum atomic E-state index is -4.72. The second-order valence-corrected chi connectivity index (χ2v) is 8.92. The van der Waals surface area contributed by atoms with Crippen molar-refractivity contribution in [2.75, 3.05) is 6.56 Å². The minimum absolute atomic E-state index is 0.0460. The summed E-state index contributed by atoms with van der Waals surface area (Å²) in [5.74, 6) is -3.42. The molecule has 0 spiro atoms. The van der Waals surface area contributed by atoms with Crippen molar-refractivity contribution in [2.24, 2.45) is 0 Å². The molecule has 1 aromatic heterocycles. The number of aliphatic hydroxyl groups excluding tert-OH is 1. The van der Waals surface area contributed by atoms with E-state index in [4.69, 9.17) is 22.4 Å². The van der Waals surface area contributed by atoms with Gasteiger partial charge in [0.05, 0.1) is 10.7 Å². The average molecular weight is 459 g/mol. The molecular formula is C19H22FN2O8P. The molecule has 1 fully saturated rings. The van der Waals surface area contributed by atoms with Gasteiger partial charge < -0.3 is 14.4 Å². The van der Waals surface area contributed by atoms with Gasteiger partial charge >= 0.3 is 13.5 Å². The first kappa shape index (κ1) is 18.3. The second kappa shape index (κ2) is 7.68. The number of aryl methyl sites for hydroxylation is 3. The number of aromatic amines is 1. The maximum atomic E-state index is 15.8. The van der Waals surface area contributed by atoms with Crippen LogP contribution in [-0.2, 0) is 25.0 Å². The van der Waals surface area contributed by atoms with Crippen molar-refractivity contribution in [3.63, 3.8) is 0 Å². The van der Waals surface area contributed by atoms with Gasteiger partial charge in [-0.1, -0.05) is 17.7 Å². The molecule has 10 nitrogen and oxygen atoms in total. The van der Waals surface area contributed by atoms with Crippen LogP contribution in [0.15, 0.2) is 27.9 Å². The fourth-order valence-electron chi connectivity index (χ4n) is 3.35. The third-order valence-electron chi connectivity index (χ3n) is 4.75. The van der Waals surface area contributed by atoms with Crippen molar-refractivity contribution in [3.8, 4) is 5.75 Å². The molecule has 1 aromatic carbocycles. The smallest absolute Gasteiger partial charge is 0.403 e. The second-order valence-electron chi connectivity index (χ2n) is 7.41. The van der Waals surface area contributed by atoms with Crippen molar-refractivity contribution in [3.05, 3.63) is 61.4 Å². The zero-order chi connectivity index (χ0) is 25.3. The van der Waals surface area contributed by atoms with Crippen LogP contribution < -0.4 is 15.8 Å². The molecule has 2 aliphatic heterocycles. The van der Waals surface area contributed by atoms with Crippen LogP contribution in [0, 0.1) is 20.8 Å². The van der Waals surface area contributed by atoms with Gasteiger partial charge in [0.15, 0.2) is 6.20 Å². The highest BCUT2D eigenvalue weighted by atomic mass is 31.2. The summed E-state index contributed by atoms with van der Waals surface area (Å²) >= 11 is 0. The van der Waals surface area contributed by atoms with Gasteiger partial charge in [0, 0.05) is 23.7 Å². The van der Waals surface area contributed by atoms with E-state index >= 15 is 4.39 Å². The molecule has 0 amide bonds. The number of ether oxygens (including phenoxy) is 1. The van der Waals surface area contributed by atoms with Crippen LogP contribution in [-0.4, -0.2) is 33.2 Å². The lowest BCUT2D eigenvalue weighted by Gasteiger charge is -2.28. The summed E-state index contributed by atoms with van der Waals surface area (Å²) < 4.78 is 74.0. The van der Waals surface area contributed by atoms with E-state index in [0.29, 0.717) is 15.7 Å². The van der Waals surface area contributed by atoms with Crippen molar-refractivity contribution in [1.82, 2.24) is 9.55 Å². The minimum Gasteiger partial charge on any atom is -0.403 e. The Balaban J connectivity index is 1.64. The number of nitrogens with one attached hydrogen (secondary N) is 1. The van der Waals surface area contributed by atoms with E-state index in [2.05, 4.69) is 0 Å². The first-order chi connectivity index (χ1) is 15.6. The molecule has 2 aliphatic rings. The standard InChI is InChI=1S/C19H22FN2O8P/c1-10-4-11(2)15-13(5-10)8-27-31(26,30-15)28-9-19(20)6-14(23)17(29-19)22-7-12(3)16(24)21-18(22)25/h4-5,7,14,17,23H,6,8-9H2,1-3H3,(H,21,24,25)/t14-,17-,19+,31?/m1/s1/i9D2,17D. The molecule has 2 aromatic rings. The quantitative estimate of drug-likeness (QED) is 0.666. The number of alkyl halides is 1. The first-order valence-corrected chi connectivity index (χ1v) is 10.7. The zero-order valence-electron chi connectivity index (χ0n) is 19.8. The third-order valence-corrected chi connectivity index (χ3v) is 5.92. The van der Waals surface area contributed by atoms with Crippen LogP contribution >= 0.6 is 7.82 Å². The van der Waals surface area contributed by atoms with E-state index in [1.165, 1.54) is 6.92 Å². The van der Waals surface area contributed by atoms with Gasteiger partial charge in [-0.25, -0.2) is 13.8 Å². The summed E-state index contributed by atoms with van der Waals surface area (Å²) in [6.07, 6.45) is -5.26. The van der Waals surface area contributed by atoms with Crippen LogP contribution in [0.1, 0.15) is 39.0 Å². The van der Waals surface area contributed by atoms with Crippen LogP contribution in [0.25, 0.3) is 0 Å². The van der Waals surface area contributed by atoms with E-state index in [1.54, 1.807) is 19.1 Å². The van der Waals surface area contributed by atoms with Gasteiger partial charge in [-0.3, -0.25) is 23.4 Å². The molecular weight excluding hydrogens is 434 g/mol. The topological polar surface area (TPSA) is 129 Å². The Morgan fingerprint density at radius 1 is 1.42 bits per heavy atom. The van der Waals surface area contributed by atoms with E-state index in [-0.39, 0.29) is 17.9 Å². The first-order valence-electron chi connectivity index (χ1n) is 10.7. The number of fused-ring (bicyclic) bond motifs is 1. The molecule has 0 bridgehead atoms. The lowest BCUT2D eigenvalue weighted by atomic mass is 10.1. The average Bonchev–Trinajstić information content (AvgIpc) is 2.95. The Bertz CT molecular complexity index is 1330. The molecule has 2 N–H and O–H groups in total. The Morgan fingerprint density at radius 2 is 2.16 bits per heavy atom. The van der Waals surface area contributed by atoms with Crippen molar-refractivity contribution >= 4 is 7.82 Å². The number of benzene rings is 1. The van der Waals surface area contributed by atoms with E-state index < -0.39 is 50.2 Å². The largest absolute Gasteiger partial charge is 0.530 e. The number of nitrogens with zero attached hydrogens (tertiary/aromatic N) is 1.